The number of allylic oxidation sites excluding steroid dienone is 8. The first-order chi connectivity index (χ1) is 29.3. The fourth-order valence-corrected chi connectivity index (χ4v) is 6.23. The summed E-state index contributed by atoms with van der Waals surface area (Å²) >= 11 is 0. The van der Waals surface area contributed by atoms with Crippen LogP contribution in [-0.2, 0) is 90.9 Å². The summed E-state index contributed by atoms with van der Waals surface area (Å²) in [6.45, 7) is 4.45. The number of ether oxygens (including phenoxy) is 9. The molecule has 332 valence electrons. The first kappa shape index (κ1) is 45.9. The number of carbonyl (C=O) groups excluding carboxylic acids is 8. The van der Waals surface area contributed by atoms with E-state index in [4.69, 9.17) is 47.9 Å². The normalized spacial score (nSPS) is 27.8. The van der Waals surface area contributed by atoms with E-state index in [0.29, 0.717) is 0 Å². The molecule has 1 saturated carbocycles. The average Bonchev–Trinajstić information content (AvgIpc) is 3.18. The Morgan fingerprint density at radius 2 is 0.952 bits per heavy atom. The van der Waals surface area contributed by atoms with Gasteiger partial charge in [-0.2, -0.15) is 0 Å². The maximum Gasteiger partial charge on any atom is 0.348 e. The fourth-order valence-electron chi connectivity index (χ4n) is 6.23. The van der Waals surface area contributed by atoms with Crippen LogP contribution in [0.1, 0.15) is 72.1 Å². The molecule has 2 saturated heterocycles. The monoisotopic (exact) mass is 872 g/mol. The number of carbonyl (C=O) groups is 8. The minimum absolute atomic E-state index is 0.0768. The van der Waals surface area contributed by atoms with Crippen LogP contribution in [0, 0.1) is 0 Å². The Bertz CT molecular complexity index is 1940. The van der Waals surface area contributed by atoms with E-state index in [1.165, 1.54) is 50.3 Å². The molecule has 1 aliphatic carbocycles. The zero-order valence-electron chi connectivity index (χ0n) is 33.2. The van der Waals surface area contributed by atoms with E-state index in [0.717, 1.165) is 24.3 Å². The lowest BCUT2D eigenvalue weighted by molar-refractivity contribution is -0.462. The third-order valence-corrected chi connectivity index (χ3v) is 9.41. The Balaban J connectivity index is 1.11. The van der Waals surface area contributed by atoms with Crippen molar-refractivity contribution in [1.29, 1.82) is 0 Å². The lowest BCUT2D eigenvalue weighted by Gasteiger charge is -2.45. The molecule has 22 heteroatoms. The van der Waals surface area contributed by atoms with Gasteiger partial charge < -0.3 is 52.8 Å². The van der Waals surface area contributed by atoms with Crippen molar-refractivity contribution in [3.63, 3.8) is 0 Å². The van der Waals surface area contributed by atoms with E-state index in [2.05, 4.69) is 9.93 Å². The summed E-state index contributed by atoms with van der Waals surface area (Å²) in [5, 5.41) is 31.9. The predicted octanol–water partition coefficient (Wildman–Crippen LogP) is 3.42. The molecule has 0 aromatic carbocycles. The largest absolute Gasteiger partial charge is 0.480 e. The van der Waals surface area contributed by atoms with Gasteiger partial charge in [0.1, 0.15) is 22.3 Å². The smallest absolute Gasteiger partial charge is 0.348 e. The molecule has 0 bridgehead atoms. The summed E-state index contributed by atoms with van der Waals surface area (Å²) in [5.74, 6) is -15.9. The molecule has 4 heterocycles. The molecular formula is C40H40O22. The van der Waals surface area contributed by atoms with Gasteiger partial charge in [-0.25, -0.2) is 38.8 Å². The quantitative estimate of drug-likeness (QED) is 0.0428. The highest BCUT2D eigenvalue weighted by molar-refractivity contribution is 6.16. The van der Waals surface area contributed by atoms with Gasteiger partial charge in [-0.15, -0.1) is 0 Å². The van der Waals surface area contributed by atoms with Crippen LogP contribution in [0.5, 0.6) is 0 Å². The van der Waals surface area contributed by atoms with Crippen LogP contribution in [0.3, 0.4) is 0 Å². The number of cyclic esters (lactones) is 2. The summed E-state index contributed by atoms with van der Waals surface area (Å²) in [4.78, 5) is 103. The molecule has 62 heavy (non-hydrogen) atoms. The zero-order chi connectivity index (χ0) is 45.3. The number of aliphatic hydroxyl groups is 2. The van der Waals surface area contributed by atoms with Crippen LogP contribution in [0.4, 0.5) is 0 Å². The second kappa shape index (κ2) is 19.0. The topological polar surface area (TPSA) is 299 Å². The second-order valence-corrected chi connectivity index (χ2v) is 14.1. The van der Waals surface area contributed by atoms with Gasteiger partial charge in [-0.3, -0.25) is 9.68 Å². The maximum atomic E-state index is 12.9. The van der Waals surface area contributed by atoms with Crippen molar-refractivity contribution < 1.29 is 106 Å². The fraction of sp³-hybridized carbons (Fsp3) is 0.400. The highest BCUT2D eigenvalue weighted by Gasteiger charge is 2.57. The van der Waals surface area contributed by atoms with Crippen LogP contribution in [0.15, 0.2) is 94.9 Å². The lowest BCUT2D eigenvalue weighted by atomic mass is 9.87. The van der Waals surface area contributed by atoms with Crippen LogP contribution in [-0.4, -0.2) is 93.0 Å². The van der Waals surface area contributed by atoms with E-state index in [-0.39, 0.29) is 57.1 Å². The van der Waals surface area contributed by atoms with E-state index >= 15 is 0 Å². The highest BCUT2D eigenvalue weighted by atomic mass is 17.5. The van der Waals surface area contributed by atoms with Crippen LogP contribution >= 0.6 is 0 Å². The van der Waals surface area contributed by atoms with Gasteiger partial charge in [0, 0.05) is 52.4 Å². The van der Waals surface area contributed by atoms with Crippen LogP contribution in [0.25, 0.3) is 0 Å². The Morgan fingerprint density at radius 3 is 1.31 bits per heavy atom. The maximum absolute atomic E-state index is 12.9. The first-order valence-corrected chi connectivity index (χ1v) is 18.7. The molecule has 2 atom stereocenters. The van der Waals surface area contributed by atoms with Crippen LogP contribution < -0.4 is 0 Å². The highest BCUT2D eigenvalue weighted by Crippen LogP contribution is 2.45. The van der Waals surface area contributed by atoms with Gasteiger partial charge in [0.05, 0.1) is 19.4 Å². The van der Waals surface area contributed by atoms with Crippen molar-refractivity contribution in [3.05, 3.63) is 94.9 Å². The Labute approximate surface area is 350 Å². The molecule has 2 spiro atoms. The van der Waals surface area contributed by atoms with Crippen molar-refractivity contribution in [2.75, 3.05) is 6.61 Å². The lowest BCUT2D eigenvalue weighted by Crippen LogP contribution is -2.56. The molecule has 5 aliphatic rings. The third kappa shape index (κ3) is 11.1. The second-order valence-electron chi connectivity index (χ2n) is 14.1. The molecule has 5 rings (SSSR count). The first-order valence-electron chi connectivity index (χ1n) is 18.7. The number of hydrogen-bond donors (Lipinski definition) is 3. The molecule has 0 radical (unpaired) electrons. The molecule has 3 N–H and O–H groups in total. The molecule has 2 unspecified atom stereocenters. The van der Waals surface area contributed by atoms with Gasteiger partial charge >= 0.3 is 47.8 Å². The van der Waals surface area contributed by atoms with E-state index < -0.39 is 106 Å². The average molecular weight is 873 g/mol. The van der Waals surface area contributed by atoms with Gasteiger partial charge in [-0.05, 0) is 36.3 Å². The molecule has 0 amide bonds. The summed E-state index contributed by atoms with van der Waals surface area (Å²) in [7, 11) is 0. The molecular weight excluding hydrogens is 832 g/mol. The Morgan fingerprint density at radius 1 is 0.565 bits per heavy atom. The molecule has 3 fully saturated rings. The zero-order valence-corrected chi connectivity index (χ0v) is 33.2. The Hall–Kier alpha value is -7.20. The summed E-state index contributed by atoms with van der Waals surface area (Å²) in [5.41, 5.74) is -1.68. The minimum Gasteiger partial charge on any atom is -0.480 e. The van der Waals surface area contributed by atoms with Gasteiger partial charge in [-0.1, -0.05) is 36.5 Å². The van der Waals surface area contributed by atoms with E-state index in [9.17, 15) is 48.6 Å². The number of hydrogen-bond acceptors (Lipinski definition) is 22. The van der Waals surface area contributed by atoms with Crippen molar-refractivity contribution in [2.24, 2.45) is 0 Å². The van der Waals surface area contributed by atoms with Crippen molar-refractivity contribution in [3.8, 4) is 0 Å². The SMILES string of the molecule is CCOC(=O)CCC1(C)OC(=O)C(/C=C/C=C/C=C2C(=O)OC3(CCC4(CC3)OC(=O)C(=C/C=C/C=C/C3=C(O)OC(C)(CCC(=O)OOO)OC3=O)C(=O)O4)OC2=O)=C(O)O1. The summed E-state index contributed by atoms with van der Waals surface area (Å²) in [6, 6.07) is 0. The van der Waals surface area contributed by atoms with Crippen molar-refractivity contribution >= 4 is 47.8 Å². The molecule has 4 aliphatic heterocycles. The molecule has 0 aromatic heterocycles. The number of aliphatic hydroxyl groups excluding tert-OH is 2. The van der Waals surface area contributed by atoms with Crippen LogP contribution in [0.2, 0.25) is 0 Å². The van der Waals surface area contributed by atoms with Gasteiger partial charge in [0.25, 0.3) is 35.0 Å². The van der Waals surface area contributed by atoms with E-state index in [1.54, 1.807) is 6.92 Å². The summed E-state index contributed by atoms with van der Waals surface area (Å²) in [6.07, 6.45) is 10.4. The van der Waals surface area contributed by atoms with Gasteiger partial charge in [0.2, 0.25) is 0 Å². The number of esters is 7. The Kier molecular flexibility index (Phi) is 14.1. The summed E-state index contributed by atoms with van der Waals surface area (Å²) < 4.78 is 47.7. The molecule has 22 nitrogen and oxygen atoms in total. The van der Waals surface area contributed by atoms with Crippen molar-refractivity contribution in [1.82, 2.24) is 0 Å². The third-order valence-electron chi connectivity index (χ3n) is 9.41. The van der Waals surface area contributed by atoms with Gasteiger partial charge in [0.15, 0.2) is 0 Å². The van der Waals surface area contributed by atoms with Crippen molar-refractivity contribution in [2.45, 2.75) is 95.3 Å². The number of rotatable bonds is 14. The molecule has 0 aromatic rings. The standard InChI is InChI=1S/C40H40O22/c1-4-52-27(41)15-17-37(2)53-29(43)23(30(44)54-37)11-7-5-9-13-25-33(47)57-39(58-34(25)48)19-21-40(22-20-39)59-35(49)26(36(50)60-40)14-10-6-8-12-24-31(45)55-38(3,56-32(24)46)18-16-28(42)61-62-51/h5-14,43,45,51H,4,15-22H2,1-3H3/b9-5+,10-6+,11-7+,12-8+,25-13?,26-14?. The minimum atomic E-state index is -1.74. The van der Waals surface area contributed by atoms with E-state index in [1.807, 2.05) is 0 Å². The predicted molar refractivity (Wildman–Crippen MR) is 196 cm³/mol.